The van der Waals surface area contributed by atoms with Crippen molar-refractivity contribution in [2.75, 3.05) is 0 Å². The Morgan fingerprint density at radius 1 is 0.812 bits per heavy atom. The summed E-state index contributed by atoms with van der Waals surface area (Å²) in [6.45, 7) is 0. The van der Waals surface area contributed by atoms with E-state index >= 15 is 0 Å². The molecule has 4 atom stereocenters. The van der Waals surface area contributed by atoms with Gasteiger partial charge in [0.1, 0.15) is 23.7 Å². The molecule has 3 rings (SSSR count). The number of hydrogen-bond acceptors (Lipinski definition) is 4. The van der Waals surface area contributed by atoms with Crippen molar-refractivity contribution in [2.24, 2.45) is 11.8 Å². The van der Waals surface area contributed by atoms with E-state index in [1.807, 2.05) is 12.1 Å². The first-order valence-corrected chi connectivity index (χ1v) is 10.3. The summed E-state index contributed by atoms with van der Waals surface area (Å²) in [5, 5.41) is 23.9. The first-order chi connectivity index (χ1) is 15.4. The van der Waals surface area contributed by atoms with Crippen LogP contribution in [0, 0.1) is 46.1 Å². The fraction of sp³-hybridized carbons (Fsp3) is 0.333. The van der Waals surface area contributed by atoms with Crippen molar-refractivity contribution >= 4 is 11.8 Å². The van der Waals surface area contributed by atoms with Gasteiger partial charge in [-0.3, -0.25) is 9.59 Å². The van der Waals surface area contributed by atoms with Crippen LogP contribution in [-0.4, -0.2) is 11.8 Å². The van der Waals surface area contributed by atoms with Gasteiger partial charge in [0.2, 0.25) is 11.8 Å². The standard InChI is InChI=1S/C24H22F2N4O2/c25-19-10-3-1-8-17(19)21(13-27)29-23(31)15-6-5-7-16(12-15)24(32)30-22(14-28)18-9-2-4-11-20(18)26/h1-4,8-11,15-16,21-22H,5-7,12H2,(H,29,31)(H,30,32). The van der Waals surface area contributed by atoms with E-state index in [1.54, 1.807) is 12.1 Å². The number of amides is 2. The predicted molar refractivity (Wildman–Crippen MR) is 111 cm³/mol. The molecule has 6 nitrogen and oxygen atoms in total. The molecule has 1 saturated carbocycles. The molecule has 2 amide bonds. The Kier molecular flexibility index (Phi) is 7.51. The van der Waals surface area contributed by atoms with Crippen molar-refractivity contribution in [3.63, 3.8) is 0 Å². The highest BCUT2D eigenvalue weighted by Gasteiger charge is 2.33. The molecular formula is C24H22F2N4O2. The number of nitrogens with one attached hydrogen (secondary N) is 2. The summed E-state index contributed by atoms with van der Waals surface area (Å²) in [4.78, 5) is 25.5. The van der Waals surface area contributed by atoms with Gasteiger partial charge in [0, 0.05) is 23.0 Å². The largest absolute Gasteiger partial charge is 0.336 e. The molecule has 1 aliphatic rings. The molecule has 0 aromatic heterocycles. The van der Waals surface area contributed by atoms with Gasteiger partial charge in [0.05, 0.1) is 12.1 Å². The van der Waals surface area contributed by atoms with Crippen molar-refractivity contribution in [2.45, 2.75) is 37.8 Å². The number of hydrogen-bond donors (Lipinski definition) is 2. The van der Waals surface area contributed by atoms with Crippen LogP contribution in [0.4, 0.5) is 8.78 Å². The zero-order valence-electron chi connectivity index (χ0n) is 17.2. The van der Waals surface area contributed by atoms with Crippen molar-refractivity contribution in [1.29, 1.82) is 10.5 Å². The lowest BCUT2D eigenvalue weighted by atomic mass is 9.80. The molecule has 2 aromatic rings. The Morgan fingerprint density at radius 2 is 1.22 bits per heavy atom. The summed E-state index contributed by atoms with van der Waals surface area (Å²) in [5.74, 6) is -3.09. The molecule has 0 bridgehead atoms. The molecule has 0 spiro atoms. The van der Waals surface area contributed by atoms with E-state index in [9.17, 15) is 28.9 Å². The van der Waals surface area contributed by atoms with Crippen LogP contribution in [0.25, 0.3) is 0 Å². The van der Waals surface area contributed by atoms with Gasteiger partial charge in [-0.1, -0.05) is 42.8 Å². The van der Waals surface area contributed by atoms with Crippen molar-refractivity contribution < 1.29 is 18.4 Å². The van der Waals surface area contributed by atoms with Crippen molar-refractivity contribution in [3.05, 3.63) is 71.3 Å². The Labute approximate surface area is 184 Å². The molecule has 0 aliphatic heterocycles. The van der Waals surface area contributed by atoms with Crippen molar-refractivity contribution in [1.82, 2.24) is 10.6 Å². The maximum Gasteiger partial charge on any atom is 0.224 e. The summed E-state index contributed by atoms with van der Waals surface area (Å²) in [6, 6.07) is 13.0. The number of nitriles is 2. The van der Waals surface area contributed by atoms with Gasteiger partial charge in [-0.2, -0.15) is 10.5 Å². The highest BCUT2D eigenvalue weighted by molar-refractivity contribution is 5.83. The number of nitrogens with zero attached hydrogens (tertiary/aromatic N) is 2. The predicted octanol–water partition coefficient (Wildman–Crippen LogP) is 3.83. The number of carbonyl (C=O) groups excluding carboxylic acids is 2. The second kappa shape index (κ2) is 10.5. The quantitative estimate of drug-likeness (QED) is 0.718. The van der Waals surface area contributed by atoms with Crippen LogP contribution in [-0.2, 0) is 9.59 Å². The summed E-state index contributed by atoms with van der Waals surface area (Å²) < 4.78 is 28.0. The van der Waals surface area contributed by atoms with Gasteiger partial charge in [-0.15, -0.1) is 0 Å². The second-order valence-corrected chi connectivity index (χ2v) is 7.74. The van der Waals surface area contributed by atoms with E-state index in [-0.39, 0.29) is 17.5 Å². The topological polar surface area (TPSA) is 106 Å². The van der Waals surface area contributed by atoms with E-state index in [1.165, 1.54) is 36.4 Å². The van der Waals surface area contributed by atoms with Crippen LogP contribution in [0.1, 0.15) is 48.9 Å². The van der Waals surface area contributed by atoms with Crippen LogP contribution in [0.2, 0.25) is 0 Å². The first kappa shape index (κ1) is 22.9. The molecular weight excluding hydrogens is 414 g/mol. The van der Waals surface area contributed by atoms with Gasteiger partial charge in [-0.05, 0) is 31.4 Å². The zero-order valence-corrected chi connectivity index (χ0v) is 17.2. The van der Waals surface area contributed by atoms with E-state index in [0.29, 0.717) is 19.3 Å². The lowest BCUT2D eigenvalue weighted by molar-refractivity contribution is -0.130. The smallest absolute Gasteiger partial charge is 0.224 e. The van der Waals surface area contributed by atoms with E-state index in [2.05, 4.69) is 10.6 Å². The molecule has 0 saturated heterocycles. The second-order valence-electron chi connectivity index (χ2n) is 7.74. The van der Waals surface area contributed by atoms with E-state index in [4.69, 9.17) is 0 Å². The zero-order chi connectivity index (χ0) is 23.1. The van der Waals surface area contributed by atoms with Crippen LogP contribution >= 0.6 is 0 Å². The third-order valence-electron chi connectivity index (χ3n) is 5.68. The fourth-order valence-corrected chi connectivity index (χ4v) is 3.96. The SMILES string of the molecule is N#CC(NC(=O)C1CCCC(C(=O)NC(C#N)c2ccccc2F)C1)c1ccccc1F. The highest BCUT2D eigenvalue weighted by atomic mass is 19.1. The van der Waals surface area contributed by atoms with Gasteiger partial charge in [0.15, 0.2) is 0 Å². The summed E-state index contributed by atoms with van der Waals surface area (Å²) >= 11 is 0. The summed E-state index contributed by atoms with van der Waals surface area (Å²) in [6.07, 6.45) is 1.88. The van der Waals surface area contributed by atoms with Gasteiger partial charge < -0.3 is 10.6 Å². The molecule has 1 fully saturated rings. The number of rotatable bonds is 6. The average molecular weight is 436 g/mol. The van der Waals surface area contributed by atoms with Gasteiger partial charge in [0.25, 0.3) is 0 Å². The maximum atomic E-state index is 14.0. The van der Waals surface area contributed by atoms with Crippen LogP contribution in [0.5, 0.6) is 0 Å². The minimum atomic E-state index is -1.14. The van der Waals surface area contributed by atoms with Crippen LogP contribution in [0.15, 0.2) is 48.5 Å². The molecule has 32 heavy (non-hydrogen) atoms. The minimum absolute atomic E-state index is 0.0789. The summed E-state index contributed by atoms with van der Waals surface area (Å²) in [7, 11) is 0. The minimum Gasteiger partial charge on any atom is -0.336 e. The lowest BCUT2D eigenvalue weighted by Crippen LogP contribution is -2.40. The normalized spacial score (nSPS) is 19.6. The Hall–Kier alpha value is -3.78. The third-order valence-corrected chi connectivity index (χ3v) is 5.68. The Morgan fingerprint density at radius 3 is 1.59 bits per heavy atom. The number of carbonyl (C=O) groups is 2. The third kappa shape index (κ3) is 5.28. The van der Waals surface area contributed by atoms with E-state index in [0.717, 1.165) is 0 Å². The molecule has 2 aromatic carbocycles. The van der Waals surface area contributed by atoms with Crippen LogP contribution in [0.3, 0.4) is 0 Å². The molecule has 4 unspecified atom stereocenters. The number of halogens is 2. The molecule has 2 N–H and O–H groups in total. The molecule has 1 aliphatic carbocycles. The highest BCUT2D eigenvalue weighted by Crippen LogP contribution is 2.31. The van der Waals surface area contributed by atoms with Gasteiger partial charge in [-0.25, -0.2) is 8.78 Å². The molecule has 8 heteroatoms. The molecule has 164 valence electrons. The Bertz CT molecular complexity index is 993. The average Bonchev–Trinajstić information content (AvgIpc) is 2.82. The monoisotopic (exact) mass is 436 g/mol. The fourth-order valence-electron chi connectivity index (χ4n) is 3.96. The lowest BCUT2D eigenvalue weighted by Gasteiger charge is -2.29. The molecule has 0 heterocycles. The first-order valence-electron chi connectivity index (χ1n) is 10.3. The number of benzene rings is 2. The van der Waals surface area contributed by atoms with Crippen molar-refractivity contribution in [3.8, 4) is 12.1 Å². The van der Waals surface area contributed by atoms with Crippen LogP contribution < -0.4 is 10.6 Å². The van der Waals surface area contributed by atoms with Gasteiger partial charge >= 0.3 is 0 Å². The maximum absolute atomic E-state index is 14.0. The van der Waals surface area contributed by atoms with E-state index < -0.39 is 47.4 Å². The molecule has 0 radical (unpaired) electrons. The summed E-state index contributed by atoms with van der Waals surface area (Å²) in [5.41, 5.74) is 0.158. The Balaban J connectivity index is 1.64.